The molecule has 18 heavy (non-hydrogen) atoms. The monoisotopic (exact) mass is 242 g/mol. The number of hydrogen-bond acceptors (Lipinski definition) is 3. The molecule has 0 bridgehead atoms. The van der Waals surface area contributed by atoms with Gasteiger partial charge in [0.25, 0.3) is 0 Å². The fraction of sp³-hybridized carbons (Fsp3) is 0.200. The topological polar surface area (TPSA) is 43.4 Å². The van der Waals surface area contributed by atoms with Crippen LogP contribution in [0.3, 0.4) is 0 Å². The molecule has 3 nitrogen and oxygen atoms in total. The molecule has 0 aromatic heterocycles. The zero-order valence-electron chi connectivity index (χ0n) is 10.4. The Kier molecular flexibility index (Phi) is 3.42. The second-order valence-corrected chi connectivity index (χ2v) is 4.05. The molecule has 0 N–H and O–H groups in total. The minimum atomic E-state index is -0.356. The van der Waals surface area contributed by atoms with Crippen LogP contribution in [0.4, 0.5) is 0 Å². The summed E-state index contributed by atoms with van der Waals surface area (Å²) in [5.74, 6) is -0.237. The normalized spacial score (nSPS) is 10.3. The van der Waals surface area contributed by atoms with E-state index in [0.717, 1.165) is 10.8 Å². The molecule has 0 saturated carbocycles. The van der Waals surface area contributed by atoms with E-state index in [9.17, 15) is 9.59 Å². The third-order valence-electron chi connectivity index (χ3n) is 2.90. The summed E-state index contributed by atoms with van der Waals surface area (Å²) >= 11 is 0. The van der Waals surface area contributed by atoms with Crippen molar-refractivity contribution in [2.24, 2.45) is 0 Å². The summed E-state index contributed by atoms with van der Waals surface area (Å²) in [7, 11) is 1.36. The van der Waals surface area contributed by atoms with Crippen molar-refractivity contribution in [3.05, 3.63) is 47.5 Å². The molecule has 0 saturated heterocycles. The van der Waals surface area contributed by atoms with Gasteiger partial charge in [0.2, 0.25) is 0 Å². The summed E-state index contributed by atoms with van der Waals surface area (Å²) in [5.41, 5.74) is 1.22. The molecule has 0 heterocycles. The Bertz CT molecular complexity index is 559. The predicted molar refractivity (Wildman–Crippen MR) is 69.9 cm³/mol. The molecule has 3 heteroatoms. The van der Waals surface area contributed by atoms with Crippen LogP contribution in [0.25, 0.3) is 10.8 Å². The van der Waals surface area contributed by atoms with Crippen LogP contribution < -0.4 is 0 Å². The van der Waals surface area contributed by atoms with E-state index in [1.807, 2.05) is 25.1 Å². The molecule has 0 aliphatic heterocycles. The van der Waals surface area contributed by atoms with E-state index >= 15 is 0 Å². The van der Waals surface area contributed by atoms with Crippen LogP contribution in [0.5, 0.6) is 0 Å². The Morgan fingerprint density at radius 1 is 1.00 bits per heavy atom. The van der Waals surface area contributed by atoms with Crippen molar-refractivity contribution in [2.75, 3.05) is 7.11 Å². The van der Waals surface area contributed by atoms with Gasteiger partial charge in [-0.1, -0.05) is 25.1 Å². The van der Waals surface area contributed by atoms with E-state index < -0.39 is 0 Å². The lowest BCUT2D eigenvalue weighted by molar-refractivity contribution is 0.0600. The van der Waals surface area contributed by atoms with Gasteiger partial charge in [-0.05, 0) is 29.0 Å². The lowest BCUT2D eigenvalue weighted by Gasteiger charge is -2.04. The van der Waals surface area contributed by atoms with Crippen LogP contribution in [0, 0.1) is 0 Å². The first-order chi connectivity index (χ1) is 8.65. The second-order valence-electron chi connectivity index (χ2n) is 4.05. The highest BCUT2D eigenvalue weighted by molar-refractivity contribution is 6.01. The summed E-state index contributed by atoms with van der Waals surface area (Å²) in [5, 5.41) is 1.87. The Hall–Kier alpha value is -2.16. The van der Waals surface area contributed by atoms with Gasteiger partial charge in [0.15, 0.2) is 5.78 Å². The zero-order chi connectivity index (χ0) is 13.1. The van der Waals surface area contributed by atoms with E-state index in [-0.39, 0.29) is 11.8 Å². The summed E-state index contributed by atoms with van der Waals surface area (Å²) in [4.78, 5) is 23.0. The number of esters is 1. The summed E-state index contributed by atoms with van der Waals surface area (Å²) in [6.45, 7) is 1.84. The number of hydrogen-bond donors (Lipinski definition) is 0. The van der Waals surface area contributed by atoms with Gasteiger partial charge in [-0.15, -0.1) is 0 Å². The fourth-order valence-corrected chi connectivity index (χ4v) is 1.87. The first kappa shape index (κ1) is 12.3. The van der Waals surface area contributed by atoms with Crippen LogP contribution in [-0.4, -0.2) is 18.9 Å². The van der Waals surface area contributed by atoms with Crippen LogP contribution in [0.1, 0.15) is 34.1 Å². The van der Waals surface area contributed by atoms with Gasteiger partial charge in [0.1, 0.15) is 0 Å². The Morgan fingerprint density at radius 3 is 2.11 bits per heavy atom. The standard InChI is InChI=1S/C15H14O3/c1-3-14(16)12-6-4-11-9-13(15(17)18-2)7-5-10(11)8-12/h4-9H,3H2,1-2H3. The molecule has 0 radical (unpaired) electrons. The minimum absolute atomic E-state index is 0.119. The smallest absolute Gasteiger partial charge is 0.337 e. The first-order valence-corrected chi connectivity index (χ1v) is 5.81. The second kappa shape index (κ2) is 5.00. The lowest BCUT2D eigenvalue weighted by Crippen LogP contribution is -2.01. The summed E-state index contributed by atoms with van der Waals surface area (Å²) < 4.78 is 4.67. The summed E-state index contributed by atoms with van der Waals surface area (Å²) in [6.07, 6.45) is 0.492. The largest absolute Gasteiger partial charge is 0.465 e. The van der Waals surface area contributed by atoms with Gasteiger partial charge in [-0.3, -0.25) is 4.79 Å². The first-order valence-electron chi connectivity index (χ1n) is 5.81. The average molecular weight is 242 g/mol. The minimum Gasteiger partial charge on any atom is -0.465 e. The van der Waals surface area contributed by atoms with Gasteiger partial charge in [0.05, 0.1) is 12.7 Å². The highest BCUT2D eigenvalue weighted by Gasteiger charge is 2.08. The molecular formula is C15H14O3. The van der Waals surface area contributed by atoms with Crippen molar-refractivity contribution in [3.63, 3.8) is 0 Å². The van der Waals surface area contributed by atoms with Crippen molar-refractivity contribution in [1.82, 2.24) is 0 Å². The van der Waals surface area contributed by atoms with E-state index in [2.05, 4.69) is 4.74 Å². The fourth-order valence-electron chi connectivity index (χ4n) is 1.87. The van der Waals surface area contributed by atoms with E-state index in [1.165, 1.54) is 7.11 Å². The number of rotatable bonds is 3. The number of methoxy groups -OCH3 is 1. The van der Waals surface area contributed by atoms with Gasteiger partial charge in [-0.2, -0.15) is 0 Å². The highest BCUT2D eigenvalue weighted by atomic mass is 16.5. The van der Waals surface area contributed by atoms with Crippen LogP contribution in [-0.2, 0) is 4.74 Å². The maximum absolute atomic E-state index is 11.6. The van der Waals surface area contributed by atoms with Crippen LogP contribution >= 0.6 is 0 Å². The van der Waals surface area contributed by atoms with Crippen molar-refractivity contribution in [2.45, 2.75) is 13.3 Å². The number of benzene rings is 2. The molecule has 92 valence electrons. The van der Waals surface area contributed by atoms with Crippen molar-refractivity contribution in [3.8, 4) is 0 Å². The van der Waals surface area contributed by atoms with Crippen molar-refractivity contribution >= 4 is 22.5 Å². The van der Waals surface area contributed by atoms with Gasteiger partial charge in [0, 0.05) is 12.0 Å². The molecule has 0 atom stereocenters. The molecule has 2 rings (SSSR count). The average Bonchev–Trinajstić information content (AvgIpc) is 2.44. The van der Waals surface area contributed by atoms with Crippen molar-refractivity contribution < 1.29 is 14.3 Å². The van der Waals surface area contributed by atoms with E-state index in [0.29, 0.717) is 17.5 Å². The zero-order valence-corrected chi connectivity index (χ0v) is 10.4. The Morgan fingerprint density at radius 2 is 1.56 bits per heavy atom. The third-order valence-corrected chi connectivity index (χ3v) is 2.90. The molecule has 0 spiro atoms. The molecule has 0 unspecified atom stereocenters. The van der Waals surface area contributed by atoms with Crippen molar-refractivity contribution in [1.29, 1.82) is 0 Å². The molecule has 2 aromatic rings. The van der Waals surface area contributed by atoms with Crippen LogP contribution in [0.2, 0.25) is 0 Å². The Labute approximate surface area is 105 Å². The predicted octanol–water partition coefficient (Wildman–Crippen LogP) is 3.22. The number of fused-ring (bicyclic) bond motifs is 1. The highest BCUT2D eigenvalue weighted by Crippen LogP contribution is 2.19. The summed E-state index contributed by atoms with van der Waals surface area (Å²) in [6, 6.07) is 10.8. The molecular weight excluding hydrogens is 228 g/mol. The molecule has 0 aliphatic rings. The van der Waals surface area contributed by atoms with Gasteiger partial charge in [-0.25, -0.2) is 4.79 Å². The van der Waals surface area contributed by atoms with E-state index in [1.54, 1.807) is 18.2 Å². The third kappa shape index (κ3) is 2.25. The Balaban J connectivity index is 2.48. The number of carbonyl (C=O) groups is 2. The van der Waals surface area contributed by atoms with Gasteiger partial charge < -0.3 is 4.74 Å². The number of carbonyl (C=O) groups excluding carboxylic acids is 2. The quantitative estimate of drug-likeness (QED) is 0.613. The molecule has 0 aliphatic carbocycles. The van der Waals surface area contributed by atoms with Crippen LogP contribution in [0.15, 0.2) is 36.4 Å². The maximum Gasteiger partial charge on any atom is 0.337 e. The molecule has 0 amide bonds. The number of Topliss-reactive ketones (excluding diaryl/α,β-unsaturated/α-hetero) is 1. The molecule has 2 aromatic carbocycles. The molecule has 0 fully saturated rings. The van der Waals surface area contributed by atoms with E-state index in [4.69, 9.17) is 0 Å². The number of ketones is 1. The maximum atomic E-state index is 11.6. The number of ether oxygens (including phenoxy) is 1. The van der Waals surface area contributed by atoms with Gasteiger partial charge >= 0.3 is 5.97 Å². The SMILES string of the molecule is CCC(=O)c1ccc2cc(C(=O)OC)ccc2c1. The lowest BCUT2D eigenvalue weighted by atomic mass is 10.0.